The zero-order chi connectivity index (χ0) is 13.7. The number of hydrogen-bond acceptors (Lipinski definition) is 6. The summed E-state index contributed by atoms with van der Waals surface area (Å²) in [5, 5.41) is 4.18. The smallest absolute Gasteiger partial charge is 0.119 e. The van der Waals surface area contributed by atoms with Gasteiger partial charge in [-0.3, -0.25) is 5.84 Å². The number of rotatable bonds is 6. The van der Waals surface area contributed by atoms with Crippen molar-refractivity contribution in [3.63, 3.8) is 0 Å². The van der Waals surface area contributed by atoms with Gasteiger partial charge in [-0.05, 0) is 35.6 Å². The highest BCUT2D eigenvalue weighted by atomic mass is 32.1. The minimum atomic E-state index is -0.100. The van der Waals surface area contributed by atoms with Crippen LogP contribution in [0.1, 0.15) is 35.5 Å². The van der Waals surface area contributed by atoms with Crippen molar-refractivity contribution >= 4 is 11.5 Å². The summed E-state index contributed by atoms with van der Waals surface area (Å²) >= 11 is 1.39. The quantitative estimate of drug-likeness (QED) is 0.625. The van der Waals surface area contributed by atoms with Crippen LogP contribution in [0.3, 0.4) is 0 Å². The predicted molar refractivity (Wildman–Crippen MR) is 76.1 cm³/mol. The van der Waals surface area contributed by atoms with E-state index < -0.39 is 0 Å². The van der Waals surface area contributed by atoms with Crippen molar-refractivity contribution in [2.24, 2.45) is 5.84 Å². The fourth-order valence-electron chi connectivity index (χ4n) is 1.99. The molecule has 0 saturated carbocycles. The molecule has 0 amide bonds. The molecule has 1 heterocycles. The van der Waals surface area contributed by atoms with Crippen molar-refractivity contribution in [1.29, 1.82) is 0 Å². The second-order valence-corrected chi connectivity index (χ2v) is 5.00. The Morgan fingerprint density at radius 3 is 3.00 bits per heavy atom. The van der Waals surface area contributed by atoms with Crippen LogP contribution in [0.4, 0.5) is 0 Å². The lowest BCUT2D eigenvalue weighted by atomic mass is 10.0. The van der Waals surface area contributed by atoms with Crippen molar-refractivity contribution in [2.75, 3.05) is 7.11 Å². The third-order valence-corrected chi connectivity index (χ3v) is 3.76. The van der Waals surface area contributed by atoms with E-state index in [4.69, 9.17) is 10.6 Å². The number of aromatic nitrogens is 2. The first-order chi connectivity index (χ1) is 9.30. The lowest BCUT2D eigenvalue weighted by molar-refractivity contribution is 0.413. The highest BCUT2D eigenvalue weighted by molar-refractivity contribution is 7.05. The summed E-state index contributed by atoms with van der Waals surface area (Å²) in [6, 6.07) is 7.75. The third-order valence-electron chi connectivity index (χ3n) is 2.93. The summed E-state index contributed by atoms with van der Waals surface area (Å²) in [5.41, 5.74) is 4.90. The molecule has 3 N–H and O–H groups in total. The Hall–Kier alpha value is -1.50. The maximum atomic E-state index is 5.71. The molecule has 1 aromatic heterocycles. The molecular weight excluding hydrogens is 260 g/mol. The Labute approximate surface area is 116 Å². The lowest BCUT2D eigenvalue weighted by Crippen LogP contribution is -2.29. The van der Waals surface area contributed by atoms with E-state index >= 15 is 0 Å². The Kier molecular flexibility index (Phi) is 4.84. The first-order valence-corrected chi connectivity index (χ1v) is 6.98. The highest BCUT2D eigenvalue weighted by Crippen LogP contribution is 2.29. The second-order valence-electron chi connectivity index (χ2n) is 4.21. The normalized spacial score (nSPS) is 12.4. The number of hydrazine groups is 1. The van der Waals surface area contributed by atoms with Crippen LogP contribution in [0.2, 0.25) is 0 Å². The SMILES string of the molecule is CCCc1nnsc1C(NN)c1cccc(OC)c1. The minimum Gasteiger partial charge on any atom is -0.497 e. The largest absolute Gasteiger partial charge is 0.497 e. The van der Waals surface area contributed by atoms with Crippen LogP contribution in [0.15, 0.2) is 24.3 Å². The molecule has 1 atom stereocenters. The van der Waals surface area contributed by atoms with E-state index in [-0.39, 0.29) is 6.04 Å². The predicted octanol–water partition coefficient (Wildman–Crippen LogP) is 2.05. The van der Waals surface area contributed by atoms with E-state index in [1.165, 1.54) is 11.5 Å². The summed E-state index contributed by atoms with van der Waals surface area (Å²) in [6.45, 7) is 2.12. The fraction of sp³-hybridized carbons (Fsp3) is 0.385. The first-order valence-electron chi connectivity index (χ1n) is 6.21. The maximum Gasteiger partial charge on any atom is 0.119 e. The van der Waals surface area contributed by atoms with Gasteiger partial charge in [0.25, 0.3) is 0 Å². The third kappa shape index (κ3) is 3.09. The van der Waals surface area contributed by atoms with Crippen molar-refractivity contribution in [2.45, 2.75) is 25.8 Å². The minimum absolute atomic E-state index is 0.100. The molecule has 0 aliphatic carbocycles. The molecule has 19 heavy (non-hydrogen) atoms. The van der Waals surface area contributed by atoms with E-state index in [1.807, 2.05) is 24.3 Å². The van der Waals surface area contributed by atoms with Gasteiger partial charge in [-0.15, -0.1) is 5.10 Å². The molecule has 0 radical (unpaired) electrons. The molecule has 2 rings (SSSR count). The van der Waals surface area contributed by atoms with Crippen LogP contribution in [-0.4, -0.2) is 16.7 Å². The lowest BCUT2D eigenvalue weighted by Gasteiger charge is -2.16. The van der Waals surface area contributed by atoms with Gasteiger partial charge in [-0.1, -0.05) is 30.0 Å². The number of benzene rings is 1. The summed E-state index contributed by atoms with van der Waals surface area (Å²) in [6.07, 6.45) is 1.95. The van der Waals surface area contributed by atoms with E-state index in [0.717, 1.165) is 34.7 Å². The van der Waals surface area contributed by atoms with E-state index in [9.17, 15) is 0 Å². The van der Waals surface area contributed by atoms with Gasteiger partial charge >= 0.3 is 0 Å². The Morgan fingerprint density at radius 2 is 2.32 bits per heavy atom. The van der Waals surface area contributed by atoms with Gasteiger partial charge in [0.2, 0.25) is 0 Å². The summed E-state index contributed by atoms with van der Waals surface area (Å²) in [7, 11) is 1.65. The summed E-state index contributed by atoms with van der Waals surface area (Å²) in [5.74, 6) is 6.53. The second kappa shape index (κ2) is 6.60. The Morgan fingerprint density at radius 1 is 1.47 bits per heavy atom. The molecule has 1 unspecified atom stereocenters. The van der Waals surface area contributed by atoms with Crippen LogP contribution in [-0.2, 0) is 6.42 Å². The van der Waals surface area contributed by atoms with Gasteiger partial charge in [-0.2, -0.15) is 0 Å². The number of nitrogens with one attached hydrogen (secondary N) is 1. The molecule has 2 aromatic rings. The number of nitrogens with zero attached hydrogens (tertiary/aromatic N) is 2. The van der Waals surface area contributed by atoms with Crippen LogP contribution in [0.5, 0.6) is 5.75 Å². The molecule has 0 bridgehead atoms. The van der Waals surface area contributed by atoms with Crippen molar-refractivity contribution in [1.82, 2.24) is 15.0 Å². The Bertz CT molecular complexity index is 529. The zero-order valence-electron chi connectivity index (χ0n) is 11.1. The highest BCUT2D eigenvalue weighted by Gasteiger charge is 2.20. The van der Waals surface area contributed by atoms with Crippen LogP contribution < -0.4 is 16.0 Å². The monoisotopic (exact) mass is 278 g/mol. The van der Waals surface area contributed by atoms with Gasteiger partial charge in [0.1, 0.15) is 5.75 Å². The van der Waals surface area contributed by atoms with Crippen LogP contribution in [0, 0.1) is 0 Å². The van der Waals surface area contributed by atoms with E-state index in [0.29, 0.717) is 0 Å². The van der Waals surface area contributed by atoms with Gasteiger partial charge in [0, 0.05) is 0 Å². The number of ether oxygens (including phenoxy) is 1. The summed E-state index contributed by atoms with van der Waals surface area (Å²) in [4.78, 5) is 1.07. The van der Waals surface area contributed by atoms with Crippen LogP contribution in [0.25, 0.3) is 0 Å². The number of aryl methyl sites for hydroxylation is 1. The standard InChI is InChI=1S/C13H18N4OS/c1-3-5-11-13(19-17-16-11)12(15-14)9-6-4-7-10(8-9)18-2/h4,6-8,12,15H,3,5,14H2,1-2H3. The molecule has 0 fully saturated rings. The van der Waals surface area contributed by atoms with Crippen molar-refractivity contribution < 1.29 is 4.74 Å². The fourth-order valence-corrected chi connectivity index (χ4v) is 2.77. The van der Waals surface area contributed by atoms with Gasteiger partial charge in [0.15, 0.2) is 0 Å². The molecule has 5 nitrogen and oxygen atoms in total. The first kappa shape index (κ1) is 13.9. The average molecular weight is 278 g/mol. The van der Waals surface area contributed by atoms with Gasteiger partial charge < -0.3 is 4.74 Å². The number of methoxy groups -OCH3 is 1. The van der Waals surface area contributed by atoms with Gasteiger partial charge in [0.05, 0.1) is 23.7 Å². The molecule has 1 aromatic carbocycles. The molecule has 6 heteroatoms. The molecule has 102 valence electrons. The van der Waals surface area contributed by atoms with Crippen molar-refractivity contribution in [3.05, 3.63) is 40.4 Å². The number of nitrogens with two attached hydrogens (primary N) is 1. The molecule has 0 saturated heterocycles. The molecule has 0 aliphatic heterocycles. The van der Waals surface area contributed by atoms with Crippen molar-refractivity contribution in [3.8, 4) is 5.75 Å². The molecule has 0 aliphatic rings. The maximum absolute atomic E-state index is 5.71. The molecular formula is C13H18N4OS. The van der Waals surface area contributed by atoms with E-state index in [1.54, 1.807) is 7.11 Å². The summed E-state index contributed by atoms with van der Waals surface area (Å²) < 4.78 is 9.29. The topological polar surface area (TPSA) is 73.1 Å². The Balaban J connectivity index is 2.35. The zero-order valence-corrected chi connectivity index (χ0v) is 11.9. The van der Waals surface area contributed by atoms with Crippen LogP contribution >= 0.6 is 11.5 Å². The van der Waals surface area contributed by atoms with E-state index in [2.05, 4.69) is 21.9 Å². The number of hydrogen-bond donors (Lipinski definition) is 2. The van der Waals surface area contributed by atoms with Gasteiger partial charge in [-0.25, -0.2) is 5.43 Å². The average Bonchev–Trinajstić information content (AvgIpc) is 2.89. The molecule has 0 spiro atoms.